The third-order valence-electron chi connectivity index (χ3n) is 6.25. The Balaban J connectivity index is 0.00000274. The minimum atomic E-state index is -4.56. The number of hydrogen-bond acceptors (Lipinski definition) is 4. The molecule has 0 radical (unpaired) electrons. The van der Waals surface area contributed by atoms with Gasteiger partial charge in [-0.3, -0.25) is 9.36 Å². The smallest absolute Gasteiger partial charge is 0.347 e. The number of nitrogens with zero attached hydrogens (tertiary/aromatic N) is 5. The van der Waals surface area contributed by atoms with Gasteiger partial charge in [-0.1, -0.05) is 6.07 Å². The highest BCUT2D eigenvalue weighted by Gasteiger charge is 2.33. The normalized spacial score (nSPS) is 14.5. The van der Waals surface area contributed by atoms with Crippen molar-refractivity contribution in [1.82, 2.24) is 24.2 Å². The van der Waals surface area contributed by atoms with E-state index in [9.17, 15) is 18.0 Å². The predicted molar refractivity (Wildman–Crippen MR) is 126 cm³/mol. The van der Waals surface area contributed by atoms with Crippen molar-refractivity contribution in [2.45, 2.75) is 25.6 Å². The molecule has 6 nitrogen and oxygen atoms in total. The number of pyridine rings is 1. The van der Waals surface area contributed by atoms with Crippen LogP contribution in [0.15, 0.2) is 53.5 Å². The van der Waals surface area contributed by atoms with Crippen LogP contribution in [-0.2, 0) is 26.2 Å². The van der Waals surface area contributed by atoms with E-state index in [0.717, 1.165) is 43.2 Å². The summed E-state index contributed by atoms with van der Waals surface area (Å²) in [5.74, 6) is 0. The molecule has 34 heavy (non-hydrogen) atoms. The lowest BCUT2D eigenvalue weighted by Gasteiger charge is -2.13. The fraction of sp³-hybridized carbons (Fsp3) is 0.292. The van der Waals surface area contributed by atoms with Crippen molar-refractivity contribution in [3.8, 4) is 16.9 Å². The molecule has 5 rings (SSSR count). The SMILES string of the molecule is CN1CCCc2c(c3ccc(-n4ccc(-c5ccc(C(F)(F)F)nn5)cc4=O)cc3n2C)C1.Cl. The summed E-state index contributed by atoms with van der Waals surface area (Å²) in [7, 11) is 4.19. The summed E-state index contributed by atoms with van der Waals surface area (Å²) in [4.78, 5) is 15.2. The minimum absolute atomic E-state index is 0. The monoisotopic (exact) mass is 489 g/mol. The zero-order chi connectivity index (χ0) is 23.3. The topological polar surface area (TPSA) is 56.0 Å². The second kappa shape index (κ2) is 8.88. The van der Waals surface area contributed by atoms with E-state index in [-0.39, 0.29) is 23.7 Å². The van der Waals surface area contributed by atoms with Gasteiger partial charge in [0.25, 0.3) is 5.56 Å². The molecule has 0 N–H and O–H groups in total. The quantitative estimate of drug-likeness (QED) is 0.413. The molecule has 4 aromatic rings. The lowest BCUT2D eigenvalue weighted by molar-refractivity contribution is -0.141. The molecule has 178 valence electrons. The summed E-state index contributed by atoms with van der Waals surface area (Å²) >= 11 is 0. The average Bonchev–Trinajstić information content (AvgIpc) is 2.92. The van der Waals surface area contributed by atoms with Gasteiger partial charge in [0, 0.05) is 42.5 Å². The van der Waals surface area contributed by atoms with Crippen molar-refractivity contribution in [3.63, 3.8) is 0 Å². The van der Waals surface area contributed by atoms with Crippen LogP contribution in [0.25, 0.3) is 27.8 Å². The van der Waals surface area contributed by atoms with Gasteiger partial charge in [0.1, 0.15) is 0 Å². The maximum atomic E-state index is 12.9. The molecule has 1 aromatic carbocycles. The second-order valence-electron chi connectivity index (χ2n) is 8.45. The van der Waals surface area contributed by atoms with Crippen molar-refractivity contribution in [1.29, 1.82) is 0 Å². The van der Waals surface area contributed by atoms with Crippen LogP contribution in [0.3, 0.4) is 0 Å². The molecule has 0 amide bonds. The molecule has 10 heteroatoms. The number of halogens is 4. The van der Waals surface area contributed by atoms with Gasteiger partial charge in [0.2, 0.25) is 0 Å². The number of alkyl halides is 3. The predicted octanol–water partition coefficient (Wildman–Crippen LogP) is 4.60. The highest BCUT2D eigenvalue weighted by atomic mass is 35.5. The van der Waals surface area contributed by atoms with Crippen LogP contribution in [0.4, 0.5) is 13.2 Å². The number of hydrogen-bond donors (Lipinski definition) is 0. The Bertz CT molecular complexity index is 1410. The van der Waals surface area contributed by atoms with E-state index in [1.54, 1.807) is 12.3 Å². The number of aromatic nitrogens is 4. The fourth-order valence-corrected chi connectivity index (χ4v) is 4.56. The van der Waals surface area contributed by atoms with Crippen molar-refractivity contribution in [2.24, 2.45) is 7.05 Å². The molecule has 1 aliphatic rings. The second-order valence-corrected chi connectivity index (χ2v) is 8.45. The van der Waals surface area contributed by atoms with E-state index in [1.165, 1.54) is 33.3 Å². The Labute approximate surface area is 200 Å². The molecular formula is C24H23ClF3N5O. The highest BCUT2D eigenvalue weighted by molar-refractivity contribution is 5.87. The summed E-state index contributed by atoms with van der Waals surface area (Å²) in [5, 5.41) is 8.06. The first-order valence-corrected chi connectivity index (χ1v) is 10.7. The van der Waals surface area contributed by atoms with Gasteiger partial charge in [-0.25, -0.2) is 0 Å². The Morgan fingerprint density at radius 2 is 1.79 bits per heavy atom. The zero-order valence-electron chi connectivity index (χ0n) is 18.6. The third-order valence-corrected chi connectivity index (χ3v) is 6.25. The van der Waals surface area contributed by atoms with Crippen LogP contribution in [-0.4, -0.2) is 37.8 Å². The van der Waals surface area contributed by atoms with E-state index in [2.05, 4.69) is 39.8 Å². The molecule has 0 spiro atoms. The number of aryl methyl sites for hydroxylation is 1. The van der Waals surface area contributed by atoms with Crippen molar-refractivity contribution >= 4 is 23.3 Å². The van der Waals surface area contributed by atoms with E-state index in [1.807, 2.05) is 12.1 Å². The molecule has 1 aliphatic heterocycles. The van der Waals surface area contributed by atoms with Gasteiger partial charge in [0.05, 0.1) is 16.9 Å². The molecular weight excluding hydrogens is 467 g/mol. The lowest BCUT2D eigenvalue weighted by Crippen LogP contribution is -2.17. The Hall–Kier alpha value is -3.17. The zero-order valence-corrected chi connectivity index (χ0v) is 19.5. The van der Waals surface area contributed by atoms with Crippen LogP contribution < -0.4 is 5.56 Å². The third kappa shape index (κ3) is 4.21. The van der Waals surface area contributed by atoms with E-state index >= 15 is 0 Å². The Morgan fingerprint density at radius 1 is 1.00 bits per heavy atom. The van der Waals surface area contributed by atoms with Crippen molar-refractivity contribution < 1.29 is 13.2 Å². The minimum Gasteiger partial charge on any atom is -0.347 e. The molecule has 0 unspecified atom stereocenters. The highest BCUT2D eigenvalue weighted by Crippen LogP contribution is 2.31. The summed E-state index contributed by atoms with van der Waals surface area (Å²) in [6, 6.07) is 11.1. The average molecular weight is 490 g/mol. The molecule has 0 bridgehead atoms. The molecule has 0 fully saturated rings. The van der Waals surface area contributed by atoms with Crippen LogP contribution in [0, 0.1) is 0 Å². The fourth-order valence-electron chi connectivity index (χ4n) is 4.56. The lowest BCUT2D eigenvalue weighted by atomic mass is 10.1. The molecule has 0 atom stereocenters. The molecule has 4 heterocycles. The van der Waals surface area contributed by atoms with Gasteiger partial charge in [0.15, 0.2) is 5.69 Å². The Morgan fingerprint density at radius 3 is 2.47 bits per heavy atom. The first-order chi connectivity index (χ1) is 15.7. The van der Waals surface area contributed by atoms with E-state index in [0.29, 0.717) is 5.56 Å². The molecule has 0 saturated carbocycles. The van der Waals surface area contributed by atoms with Crippen LogP contribution in [0.5, 0.6) is 0 Å². The maximum absolute atomic E-state index is 12.9. The number of fused-ring (bicyclic) bond motifs is 3. The first-order valence-electron chi connectivity index (χ1n) is 10.7. The maximum Gasteiger partial charge on any atom is 0.435 e. The molecule has 0 saturated heterocycles. The van der Waals surface area contributed by atoms with Crippen LogP contribution >= 0.6 is 12.4 Å². The van der Waals surface area contributed by atoms with E-state index in [4.69, 9.17) is 0 Å². The number of rotatable bonds is 2. The van der Waals surface area contributed by atoms with Gasteiger partial charge in [-0.2, -0.15) is 13.2 Å². The Kier molecular flexibility index (Phi) is 6.26. The van der Waals surface area contributed by atoms with E-state index < -0.39 is 11.9 Å². The number of benzene rings is 1. The summed E-state index contributed by atoms with van der Waals surface area (Å²) < 4.78 is 41.9. The van der Waals surface area contributed by atoms with Gasteiger partial charge in [-0.15, -0.1) is 22.6 Å². The van der Waals surface area contributed by atoms with Crippen LogP contribution in [0.1, 0.15) is 23.4 Å². The molecule has 0 aliphatic carbocycles. The standard InChI is InChI=1S/C24H22F3N5O.ClH/c1-30-10-3-4-20-18(14-30)17-6-5-16(13-21(17)31(20)2)32-11-9-15(12-23(32)33)19-7-8-22(29-28-19)24(25,26)27;/h5-9,11-13H,3-4,10,14H2,1-2H3;1H. The summed E-state index contributed by atoms with van der Waals surface area (Å²) in [5.41, 5.74) is 3.70. The summed E-state index contributed by atoms with van der Waals surface area (Å²) in [6.07, 6.45) is -0.824. The van der Waals surface area contributed by atoms with Crippen molar-refractivity contribution in [3.05, 3.63) is 76.0 Å². The van der Waals surface area contributed by atoms with Gasteiger partial charge >= 0.3 is 6.18 Å². The first kappa shape index (κ1) is 24.0. The molecule has 3 aromatic heterocycles. The van der Waals surface area contributed by atoms with Crippen LogP contribution in [0.2, 0.25) is 0 Å². The van der Waals surface area contributed by atoms with Crippen molar-refractivity contribution in [2.75, 3.05) is 13.6 Å². The summed E-state index contributed by atoms with van der Waals surface area (Å²) in [6.45, 7) is 1.97. The van der Waals surface area contributed by atoms with Gasteiger partial charge in [-0.05, 0) is 62.3 Å². The van der Waals surface area contributed by atoms with Gasteiger partial charge < -0.3 is 9.47 Å². The largest absolute Gasteiger partial charge is 0.435 e.